The highest BCUT2D eigenvalue weighted by molar-refractivity contribution is 9.09. The third-order valence-electron chi connectivity index (χ3n) is 9.94. The maximum atomic E-state index is 13.8. The Hall–Kier alpha value is -1.43. The molecule has 4 nitrogen and oxygen atoms in total. The van der Waals surface area contributed by atoms with Crippen LogP contribution >= 0.6 is 39.1 Å². The van der Waals surface area contributed by atoms with Gasteiger partial charge in [-0.3, -0.25) is 9.59 Å². The van der Waals surface area contributed by atoms with E-state index in [1.54, 1.807) is 36.4 Å². The van der Waals surface area contributed by atoms with E-state index >= 15 is 0 Å². The Morgan fingerprint density at radius 3 is 2.53 bits per heavy atom. The average Bonchev–Trinajstić information content (AvgIpc) is 3.07. The lowest BCUT2D eigenvalue weighted by Crippen LogP contribution is -2.68. The van der Waals surface area contributed by atoms with Crippen LogP contribution in [0.5, 0.6) is 0 Å². The zero-order chi connectivity index (χ0) is 26.1. The van der Waals surface area contributed by atoms with Gasteiger partial charge in [-0.2, -0.15) is 0 Å². The first-order chi connectivity index (χ1) is 17.0. The Bertz CT molecular complexity index is 1180. The van der Waals surface area contributed by atoms with Gasteiger partial charge < -0.3 is 4.74 Å². The lowest BCUT2D eigenvalue weighted by atomic mass is 9.46. The summed E-state index contributed by atoms with van der Waals surface area (Å²) in [6.45, 7) is 6.17. The highest BCUT2D eigenvalue weighted by Gasteiger charge is 2.76. The van der Waals surface area contributed by atoms with Crippen LogP contribution in [-0.2, 0) is 14.3 Å². The molecule has 1 aromatic rings. The van der Waals surface area contributed by atoms with Crippen molar-refractivity contribution in [2.45, 2.75) is 62.3 Å². The number of benzene rings is 1. The monoisotopic (exact) mass is 592 g/mol. The van der Waals surface area contributed by atoms with E-state index in [4.69, 9.17) is 27.9 Å². The fraction of sp³-hybridized carbons (Fsp3) is 0.552. The number of esters is 1. The molecule has 4 aliphatic rings. The van der Waals surface area contributed by atoms with Crippen LogP contribution in [0.4, 0.5) is 0 Å². The number of hydrogen-bond acceptors (Lipinski definition) is 4. The number of fused-ring (bicyclic) bond motifs is 5. The first-order valence-corrected chi connectivity index (χ1v) is 14.5. The Balaban J connectivity index is 1.61. The summed E-state index contributed by atoms with van der Waals surface area (Å²) in [7, 11) is 0. The van der Waals surface area contributed by atoms with Crippen molar-refractivity contribution in [3.63, 3.8) is 0 Å². The Morgan fingerprint density at radius 1 is 1.17 bits per heavy atom. The molecule has 192 valence electrons. The van der Waals surface area contributed by atoms with Crippen LogP contribution in [-0.4, -0.2) is 38.7 Å². The van der Waals surface area contributed by atoms with Crippen LogP contribution in [0.3, 0.4) is 0 Å². The highest BCUT2D eigenvalue weighted by Crippen LogP contribution is 2.73. The summed E-state index contributed by atoms with van der Waals surface area (Å²) in [6.07, 6.45) is 7.91. The number of Topliss-reactive ketones (excluding diaryl/α,β-unsaturated/α-hetero) is 1. The standard InChI is InChI=1S/C29H31BrCl2O4/c1-17-13-22-21-10-9-19-14-20(33)11-12-26(19,2)28(21,32)23(31)15-27(22,3)29(17,24(34)16-30)36-25(35)18-7-5-4-6-8-18/h4-8,11-12,14,17,21-23H,9-10,13,15-16H2,1-3H3/t17?,21-,22-,23?,26-,27-,28-,29-/m0/s1. The number of carbonyl (C=O) groups is 3. The molecule has 0 saturated heterocycles. The van der Waals surface area contributed by atoms with Gasteiger partial charge in [-0.25, -0.2) is 4.79 Å². The summed E-state index contributed by atoms with van der Waals surface area (Å²) in [5, 5.41) is -0.416. The Kier molecular flexibility index (Phi) is 6.41. The van der Waals surface area contributed by atoms with Crippen LogP contribution in [0.15, 0.2) is 54.1 Å². The van der Waals surface area contributed by atoms with Crippen molar-refractivity contribution in [2.75, 3.05) is 5.33 Å². The predicted octanol–water partition coefficient (Wildman–Crippen LogP) is 6.68. The van der Waals surface area contributed by atoms with Gasteiger partial charge in [-0.1, -0.05) is 66.5 Å². The van der Waals surface area contributed by atoms with Crippen LogP contribution in [0.1, 0.15) is 56.8 Å². The van der Waals surface area contributed by atoms with Crippen molar-refractivity contribution in [2.24, 2.45) is 28.6 Å². The van der Waals surface area contributed by atoms with Gasteiger partial charge in [0.05, 0.1) is 21.1 Å². The summed E-state index contributed by atoms with van der Waals surface area (Å²) in [5.41, 5.74) is -1.13. The van der Waals surface area contributed by atoms with Gasteiger partial charge in [-0.15, -0.1) is 23.2 Å². The van der Waals surface area contributed by atoms with Crippen molar-refractivity contribution in [3.05, 3.63) is 59.7 Å². The summed E-state index contributed by atoms with van der Waals surface area (Å²) < 4.78 is 6.34. The van der Waals surface area contributed by atoms with Gasteiger partial charge in [0, 0.05) is 16.7 Å². The summed E-state index contributed by atoms with van der Waals surface area (Å²) in [4.78, 5) is 38.5. The van der Waals surface area contributed by atoms with Crippen molar-refractivity contribution >= 4 is 56.7 Å². The molecule has 0 heterocycles. The third kappa shape index (κ3) is 3.27. The molecule has 0 bridgehead atoms. The Labute approximate surface area is 230 Å². The molecule has 3 fully saturated rings. The van der Waals surface area contributed by atoms with Gasteiger partial charge >= 0.3 is 5.97 Å². The normalized spacial score (nSPS) is 43.2. The molecule has 8 atom stereocenters. The van der Waals surface area contributed by atoms with Crippen LogP contribution in [0, 0.1) is 28.6 Å². The van der Waals surface area contributed by atoms with Gasteiger partial charge in [-0.05, 0) is 61.8 Å². The van der Waals surface area contributed by atoms with Gasteiger partial charge in [0.2, 0.25) is 0 Å². The summed E-state index contributed by atoms with van der Waals surface area (Å²) in [5.74, 6) is -0.846. The van der Waals surface area contributed by atoms with Crippen molar-refractivity contribution in [3.8, 4) is 0 Å². The number of carbonyl (C=O) groups excluding carboxylic acids is 3. The fourth-order valence-electron chi connectivity index (χ4n) is 8.21. The van der Waals surface area contributed by atoms with Crippen LogP contribution < -0.4 is 0 Å². The number of allylic oxidation sites excluding steroid dienone is 4. The van der Waals surface area contributed by atoms with Gasteiger partial charge in [0.25, 0.3) is 0 Å². The minimum Gasteiger partial charge on any atom is -0.447 e. The van der Waals surface area contributed by atoms with E-state index in [1.807, 2.05) is 19.1 Å². The van der Waals surface area contributed by atoms with Crippen LogP contribution in [0.25, 0.3) is 0 Å². The van der Waals surface area contributed by atoms with E-state index < -0.39 is 32.7 Å². The predicted molar refractivity (Wildman–Crippen MR) is 145 cm³/mol. The van der Waals surface area contributed by atoms with Crippen molar-refractivity contribution in [1.29, 1.82) is 0 Å². The SMILES string of the molecule is CC1C[C@H]2[C@@H]3CCC4=CC(=O)C=C[C@]4(C)[C@@]3(Cl)C(Cl)C[C@]2(C)[C@@]1(OC(=O)c1ccccc1)C(=O)CBr. The molecule has 3 saturated carbocycles. The molecule has 0 amide bonds. The van der Waals surface area contributed by atoms with Crippen LogP contribution in [0.2, 0.25) is 0 Å². The molecule has 0 radical (unpaired) electrons. The third-order valence-corrected chi connectivity index (χ3v) is 12.0. The molecular formula is C29H31BrCl2O4. The molecule has 0 N–H and O–H groups in total. The van der Waals surface area contributed by atoms with E-state index in [1.165, 1.54) is 0 Å². The average molecular weight is 594 g/mol. The number of rotatable bonds is 4. The number of ketones is 2. The maximum absolute atomic E-state index is 13.8. The smallest absolute Gasteiger partial charge is 0.339 e. The molecule has 0 aromatic heterocycles. The molecule has 0 aliphatic heterocycles. The summed E-state index contributed by atoms with van der Waals surface area (Å²) in [6, 6.07) is 8.81. The van der Waals surface area contributed by atoms with E-state index in [2.05, 4.69) is 29.8 Å². The fourth-order valence-corrected chi connectivity index (χ4v) is 9.86. The quantitative estimate of drug-likeness (QED) is 0.289. The van der Waals surface area contributed by atoms with Gasteiger partial charge in [0.15, 0.2) is 17.2 Å². The number of halogens is 3. The Morgan fingerprint density at radius 2 is 1.86 bits per heavy atom. The second-order valence-corrected chi connectivity index (χ2v) is 13.1. The lowest BCUT2D eigenvalue weighted by Gasteiger charge is -2.64. The second kappa shape index (κ2) is 8.81. The zero-order valence-corrected chi connectivity index (χ0v) is 23.8. The van der Waals surface area contributed by atoms with E-state index in [0.717, 1.165) is 18.4 Å². The zero-order valence-electron chi connectivity index (χ0n) is 20.7. The first kappa shape index (κ1) is 26.2. The second-order valence-electron chi connectivity index (χ2n) is 11.4. The minimum atomic E-state index is -1.32. The lowest BCUT2D eigenvalue weighted by molar-refractivity contribution is -0.164. The molecule has 36 heavy (non-hydrogen) atoms. The molecule has 5 rings (SSSR count). The van der Waals surface area contributed by atoms with E-state index in [-0.39, 0.29) is 34.7 Å². The number of ether oxygens (including phenoxy) is 1. The molecule has 7 heteroatoms. The molecule has 4 aliphatic carbocycles. The molecule has 1 aromatic carbocycles. The van der Waals surface area contributed by atoms with Crippen molar-refractivity contribution in [1.82, 2.24) is 0 Å². The van der Waals surface area contributed by atoms with E-state index in [9.17, 15) is 14.4 Å². The maximum Gasteiger partial charge on any atom is 0.339 e. The largest absolute Gasteiger partial charge is 0.447 e. The molecule has 2 unspecified atom stereocenters. The number of hydrogen-bond donors (Lipinski definition) is 0. The minimum absolute atomic E-state index is 0.0108. The highest BCUT2D eigenvalue weighted by atomic mass is 79.9. The van der Waals surface area contributed by atoms with Gasteiger partial charge in [0.1, 0.15) is 0 Å². The van der Waals surface area contributed by atoms with Crippen molar-refractivity contribution < 1.29 is 19.1 Å². The van der Waals surface area contributed by atoms with E-state index in [0.29, 0.717) is 18.4 Å². The number of alkyl halides is 3. The molecule has 0 spiro atoms. The molecular weight excluding hydrogens is 563 g/mol. The summed E-state index contributed by atoms with van der Waals surface area (Å²) >= 11 is 18.3. The topological polar surface area (TPSA) is 60.4 Å². The first-order valence-electron chi connectivity index (χ1n) is 12.6.